The highest BCUT2D eigenvalue weighted by atomic mass is 16.6. The van der Waals surface area contributed by atoms with Gasteiger partial charge in [0, 0.05) is 51.2 Å². The average molecular weight is 790 g/mol. The van der Waals surface area contributed by atoms with Crippen LogP contribution in [0.4, 0.5) is 5.69 Å². The third-order valence-corrected chi connectivity index (χ3v) is 18.2. The number of rotatable bonds is 3. The quantitative estimate of drug-likeness (QED) is 0.184. The van der Waals surface area contributed by atoms with Crippen LogP contribution in [0.15, 0.2) is 24.3 Å². The van der Waals surface area contributed by atoms with Gasteiger partial charge in [0.1, 0.15) is 6.10 Å². The third-order valence-electron chi connectivity index (χ3n) is 18.2. The predicted octanol–water partition coefficient (Wildman–Crippen LogP) is 9.22. The zero-order valence-corrected chi connectivity index (χ0v) is 36.1. The molecule has 6 saturated carbocycles. The van der Waals surface area contributed by atoms with Gasteiger partial charge < -0.3 is 19.6 Å². The van der Waals surface area contributed by atoms with Gasteiger partial charge in [-0.25, -0.2) is 4.79 Å². The van der Waals surface area contributed by atoms with Gasteiger partial charge >= 0.3 is 5.97 Å². The zero-order valence-electron chi connectivity index (χ0n) is 36.1. The summed E-state index contributed by atoms with van der Waals surface area (Å²) in [7, 11) is 4.01. The minimum absolute atomic E-state index is 0.0313. The first kappa shape index (κ1) is 42.1. The Balaban J connectivity index is 0.000000179. The van der Waals surface area contributed by atoms with Crippen molar-refractivity contribution in [1.82, 2.24) is 9.80 Å². The topological polar surface area (TPSA) is 130 Å². The summed E-state index contributed by atoms with van der Waals surface area (Å²) in [5.41, 5.74) is 1.37. The Morgan fingerprint density at radius 3 is 1.68 bits per heavy atom. The Morgan fingerprint density at radius 1 is 0.719 bits per heavy atom. The first-order valence-corrected chi connectivity index (χ1v) is 22.6. The molecule has 2 amide bonds. The van der Waals surface area contributed by atoms with Crippen LogP contribution in [-0.4, -0.2) is 76.0 Å². The van der Waals surface area contributed by atoms with Crippen molar-refractivity contribution in [2.75, 3.05) is 14.1 Å². The van der Waals surface area contributed by atoms with Crippen LogP contribution in [0.2, 0.25) is 0 Å². The van der Waals surface area contributed by atoms with Crippen molar-refractivity contribution in [3.05, 3.63) is 39.9 Å². The molecule has 57 heavy (non-hydrogen) atoms. The van der Waals surface area contributed by atoms with Crippen molar-refractivity contribution in [2.45, 2.75) is 169 Å². The van der Waals surface area contributed by atoms with E-state index >= 15 is 0 Å². The largest absolute Gasteiger partial charge is 0.459 e. The number of nitro benzene ring substituents is 1. The van der Waals surface area contributed by atoms with Gasteiger partial charge in [-0.1, -0.05) is 41.5 Å². The number of hydrogen-bond acceptors (Lipinski definition) is 7. The lowest BCUT2D eigenvalue weighted by molar-refractivity contribution is -0.384. The van der Waals surface area contributed by atoms with Crippen molar-refractivity contribution < 1.29 is 29.2 Å². The fourth-order valence-electron chi connectivity index (χ4n) is 15.3. The van der Waals surface area contributed by atoms with Crippen molar-refractivity contribution in [2.24, 2.45) is 57.2 Å². The summed E-state index contributed by atoms with van der Waals surface area (Å²) in [5.74, 6) is 4.26. The lowest BCUT2D eigenvalue weighted by Crippen LogP contribution is -2.61. The van der Waals surface area contributed by atoms with E-state index in [9.17, 15) is 29.6 Å². The van der Waals surface area contributed by atoms with E-state index in [1.54, 1.807) is 0 Å². The molecule has 1 N–H and O–H groups in total. The third kappa shape index (κ3) is 7.13. The van der Waals surface area contributed by atoms with E-state index in [4.69, 9.17) is 4.74 Å². The second-order valence-electron chi connectivity index (χ2n) is 20.7. The summed E-state index contributed by atoms with van der Waals surface area (Å²) >= 11 is 0. The number of aliphatic hydroxyl groups is 1. The number of esters is 1. The minimum Gasteiger partial charge on any atom is -0.459 e. The summed E-state index contributed by atoms with van der Waals surface area (Å²) in [5, 5.41) is 21.1. The molecule has 10 heteroatoms. The normalized spacial score (nSPS) is 44.3. The SMILES string of the molecule is CC.CN1C(=O)CC[C@]2(C)C3CC[C@]4(C)CC(OC(=O)c5ccc([N+](=O)[O-])cc5)CC4C3CCC12.CN1C(=O)CC[C@]2(C)C3CC[C@]4(C)C[C@@H](O)CC4C3CCC12. The van der Waals surface area contributed by atoms with Crippen LogP contribution in [-0.2, 0) is 14.3 Å². The van der Waals surface area contributed by atoms with Gasteiger partial charge in [0.25, 0.3) is 5.69 Å². The summed E-state index contributed by atoms with van der Waals surface area (Å²) in [4.78, 5) is 51.7. The molecule has 2 aliphatic heterocycles. The molecule has 1 aromatic carbocycles. The number of piperidine rings is 2. The van der Waals surface area contributed by atoms with Crippen molar-refractivity contribution in [3.8, 4) is 0 Å². The number of carbonyl (C=O) groups is 3. The maximum absolute atomic E-state index is 12.8. The van der Waals surface area contributed by atoms with Crippen molar-refractivity contribution >= 4 is 23.5 Å². The summed E-state index contributed by atoms with van der Waals surface area (Å²) in [6.45, 7) is 13.7. The lowest BCUT2D eigenvalue weighted by atomic mass is 9.47. The van der Waals surface area contributed by atoms with Gasteiger partial charge in [-0.2, -0.15) is 0 Å². The molecule has 8 fully saturated rings. The molecule has 8 aliphatic rings. The second kappa shape index (κ2) is 15.5. The van der Waals surface area contributed by atoms with Crippen LogP contribution in [0.5, 0.6) is 0 Å². The average Bonchev–Trinajstić information content (AvgIpc) is 3.70. The molecule has 2 heterocycles. The molecule has 0 aromatic heterocycles. The standard InChI is InChI=1S/C26H34N2O5.C19H31NO2.C2H6/c1-25-12-10-20-19(8-9-22-26(20,2)13-11-23(29)27(22)3)21(25)14-18(15-25)33-24(30)16-4-6-17(7-5-16)28(31)32;1-18-8-6-14-13(15(18)10-12(21)11-18)4-5-16-19(14,2)9-7-17(22)20(16)3;1-2/h4-7,18-22H,8-15H2,1-3H3;12-16,21H,4-11H2,1-3H3;1-2H3/t18?,19?,20?,21?,22?,25-,26-;12-,13?,14?,15?,16?,18+,19+;/m10./s1. The zero-order chi connectivity index (χ0) is 41.2. The Bertz CT molecular complexity index is 1700. The van der Waals surface area contributed by atoms with Crippen LogP contribution >= 0.6 is 0 Å². The van der Waals surface area contributed by atoms with E-state index in [-0.39, 0.29) is 34.6 Å². The smallest absolute Gasteiger partial charge is 0.338 e. The van der Waals surface area contributed by atoms with Crippen LogP contribution in [0.1, 0.15) is 155 Å². The molecular formula is C47H71N3O7. The maximum atomic E-state index is 12.8. The lowest BCUT2D eigenvalue weighted by Gasteiger charge is -2.61. The van der Waals surface area contributed by atoms with Crippen molar-refractivity contribution in [1.29, 1.82) is 0 Å². The van der Waals surface area contributed by atoms with E-state index < -0.39 is 10.9 Å². The number of nitro groups is 1. The molecule has 9 unspecified atom stereocenters. The first-order valence-electron chi connectivity index (χ1n) is 22.6. The highest BCUT2D eigenvalue weighted by molar-refractivity contribution is 5.89. The van der Waals surface area contributed by atoms with Crippen molar-refractivity contribution in [3.63, 3.8) is 0 Å². The summed E-state index contributed by atoms with van der Waals surface area (Å²) in [6.07, 6.45) is 16.6. The fraction of sp³-hybridized carbons (Fsp3) is 0.809. The highest BCUT2D eigenvalue weighted by Gasteiger charge is 2.62. The number of fused-ring (bicyclic) bond motifs is 10. The molecule has 2 saturated heterocycles. The highest BCUT2D eigenvalue weighted by Crippen LogP contribution is 2.66. The minimum atomic E-state index is -0.469. The van der Waals surface area contributed by atoms with Gasteiger partial charge in [0.15, 0.2) is 0 Å². The molecule has 9 rings (SSSR count). The molecule has 1 aromatic rings. The number of hydrogen-bond donors (Lipinski definition) is 1. The summed E-state index contributed by atoms with van der Waals surface area (Å²) < 4.78 is 5.94. The number of aliphatic hydroxyl groups excluding tert-OH is 1. The van der Waals surface area contributed by atoms with Gasteiger partial charge in [-0.05, 0) is 159 Å². The maximum Gasteiger partial charge on any atom is 0.338 e. The number of likely N-dealkylation sites (tertiary alicyclic amines) is 2. The Labute approximate surface area is 341 Å². The summed E-state index contributed by atoms with van der Waals surface area (Å²) in [6, 6.07) is 6.45. The van der Waals surface area contributed by atoms with Crippen LogP contribution in [0.3, 0.4) is 0 Å². The molecule has 14 atom stereocenters. The van der Waals surface area contributed by atoms with Crippen LogP contribution in [0, 0.1) is 67.3 Å². The van der Waals surface area contributed by atoms with Crippen LogP contribution in [0.25, 0.3) is 0 Å². The van der Waals surface area contributed by atoms with E-state index in [0.717, 1.165) is 76.0 Å². The van der Waals surface area contributed by atoms with E-state index in [0.29, 0.717) is 64.5 Å². The predicted molar refractivity (Wildman–Crippen MR) is 220 cm³/mol. The van der Waals surface area contributed by atoms with Gasteiger partial charge in [-0.15, -0.1) is 0 Å². The molecule has 0 spiro atoms. The van der Waals surface area contributed by atoms with Gasteiger partial charge in [0.05, 0.1) is 16.6 Å². The van der Waals surface area contributed by atoms with E-state index in [1.807, 2.05) is 32.8 Å². The monoisotopic (exact) mass is 790 g/mol. The Kier molecular flexibility index (Phi) is 11.5. The van der Waals surface area contributed by atoms with Gasteiger partial charge in [-0.3, -0.25) is 19.7 Å². The van der Waals surface area contributed by atoms with E-state index in [2.05, 4.69) is 32.6 Å². The van der Waals surface area contributed by atoms with Gasteiger partial charge in [0.2, 0.25) is 11.8 Å². The number of amides is 2. The number of benzene rings is 1. The molecule has 0 bridgehead atoms. The number of ether oxygens (including phenoxy) is 1. The molecule has 10 nitrogen and oxygen atoms in total. The molecule has 6 aliphatic carbocycles. The Morgan fingerprint density at radius 2 is 1.19 bits per heavy atom. The number of carbonyl (C=O) groups excluding carboxylic acids is 3. The first-order chi connectivity index (χ1) is 27.0. The molecular weight excluding hydrogens is 719 g/mol. The molecule has 0 radical (unpaired) electrons. The Hall–Kier alpha value is -3.01. The number of non-ortho nitro benzene ring substituents is 1. The fourth-order valence-corrected chi connectivity index (χ4v) is 15.3. The van der Waals surface area contributed by atoms with E-state index in [1.165, 1.54) is 56.4 Å². The van der Waals surface area contributed by atoms with Crippen LogP contribution < -0.4 is 0 Å². The second-order valence-corrected chi connectivity index (χ2v) is 20.7. The number of nitrogens with zero attached hydrogens (tertiary/aromatic N) is 3. The molecule has 316 valence electrons.